The van der Waals surface area contributed by atoms with Gasteiger partial charge in [-0.15, -0.1) is 0 Å². The van der Waals surface area contributed by atoms with Crippen molar-refractivity contribution in [3.63, 3.8) is 0 Å². The van der Waals surface area contributed by atoms with E-state index in [2.05, 4.69) is 15.8 Å². The molecule has 0 heterocycles. The van der Waals surface area contributed by atoms with Crippen LogP contribution >= 0.6 is 11.6 Å². The Morgan fingerprint density at radius 3 is 2.06 bits per heavy atom. The molecule has 0 saturated heterocycles. The van der Waals surface area contributed by atoms with Crippen LogP contribution in [0.2, 0.25) is 5.02 Å². The molecule has 0 aliphatic heterocycles. The van der Waals surface area contributed by atoms with E-state index in [1.54, 1.807) is 48.5 Å². The Morgan fingerprint density at radius 2 is 1.41 bits per heavy atom. The number of hydrogen-bond acceptors (Lipinski definition) is 5. The summed E-state index contributed by atoms with van der Waals surface area (Å²) < 4.78 is 10.8. The third-order valence-electron chi connectivity index (χ3n) is 4.17. The Labute approximate surface area is 191 Å². The molecule has 0 saturated carbocycles. The van der Waals surface area contributed by atoms with E-state index in [4.69, 9.17) is 21.1 Å². The average Bonchev–Trinajstić information content (AvgIpc) is 2.82. The Kier molecular flexibility index (Phi) is 8.65. The van der Waals surface area contributed by atoms with Gasteiger partial charge in [-0.25, -0.2) is 5.43 Å². The lowest BCUT2D eigenvalue weighted by molar-refractivity contribution is -0.123. The zero-order valence-electron chi connectivity index (χ0n) is 17.2. The van der Waals surface area contributed by atoms with Crippen LogP contribution in [0.4, 0.5) is 0 Å². The van der Waals surface area contributed by atoms with Gasteiger partial charge in [-0.1, -0.05) is 41.9 Å². The molecule has 32 heavy (non-hydrogen) atoms. The van der Waals surface area contributed by atoms with E-state index in [-0.39, 0.29) is 19.1 Å². The van der Waals surface area contributed by atoms with E-state index in [0.717, 1.165) is 11.1 Å². The van der Waals surface area contributed by atoms with Crippen molar-refractivity contribution in [2.75, 3.05) is 13.2 Å². The largest absolute Gasteiger partial charge is 0.484 e. The smallest absolute Gasteiger partial charge is 0.277 e. The van der Waals surface area contributed by atoms with Crippen LogP contribution in [-0.4, -0.2) is 31.2 Å². The van der Waals surface area contributed by atoms with Crippen molar-refractivity contribution >= 4 is 29.6 Å². The molecule has 164 valence electrons. The third kappa shape index (κ3) is 8.12. The second-order valence-electron chi connectivity index (χ2n) is 6.66. The standard InChI is InChI=1S/C24H22ClN3O4/c25-20-8-12-22(13-9-20)32-17-24(30)28-27-15-19-6-10-21(11-7-19)31-16-23(29)26-14-18-4-2-1-3-5-18/h1-13,15H,14,16-17H2,(H,26,29)(H,28,30)/b27-15-. The fourth-order valence-corrected chi connectivity index (χ4v) is 2.66. The maximum absolute atomic E-state index is 11.9. The van der Waals surface area contributed by atoms with Gasteiger partial charge in [0.25, 0.3) is 11.8 Å². The van der Waals surface area contributed by atoms with E-state index in [0.29, 0.717) is 23.1 Å². The normalized spacial score (nSPS) is 10.5. The zero-order chi connectivity index (χ0) is 22.6. The van der Waals surface area contributed by atoms with Crippen LogP contribution < -0.4 is 20.2 Å². The van der Waals surface area contributed by atoms with E-state index >= 15 is 0 Å². The molecule has 3 aromatic rings. The molecule has 0 aliphatic carbocycles. The van der Waals surface area contributed by atoms with Crippen molar-refractivity contribution < 1.29 is 19.1 Å². The van der Waals surface area contributed by atoms with Gasteiger partial charge in [0.05, 0.1) is 6.21 Å². The van der Waals surface area contributed by atoms with Crippen LogP contribution in [-0.2, 0) is 16.1 Å². The quantitative estimate of drug-likeness (QED) is 0.364. The third-order valence-corrected chi connectivity index (χ3v) is 4.42. The van der Waals surface area contributed by atoms with Gasteiger partial charge >= 0.3 is 0 Å². The molecule has 2 amide bonds. The molecule has 0 unspecified atom stereocenters. The maximum atomic E-state index is 11.9. The van der Waals surface area contributed by atoms with Crippen LogP contribution in [0.15, 0.2) is 84.0 Å². The number of benzene rings is 3. The van der Waals surface area contributed by atoms with E-state index in [1.807, 2.05) is 30.3 Å². The number of nitrogens with zero attached hydrogens (tertiary/aromatic N) is 1. The molecule has 0 aliphatic rings. The highest BCUT2D eigenvalue weighted by molar-refractivity contribution is 6.30. The molecule has 0 atom stereocenters. The van der Waals surface area contributed by atoms with Crippen LogP contribution in [0, 0.1) is 0 Å². The van der Waals surface area contributed by atoms with Crippen LogP contribution in [0.1, 0.15) is 11.1 Å². The molecule has 0 bridgehead atoms. The number of hydrazone groups is 1. The number of carbonyl (C=O) groups is 2. The highest BCUT2D eigenvalue weighted by atomic mass is 35.5. The lowest BCUT2D eigenvalue weighted by Gasteiger charge is -2.08. The number of rotatable bonds is 10. The van der Waals surface area contributed by atoms with Gasteiger partial charge in [-0.3, -0.25) is 9.59 Å². The second kappa shape index (κ2) is 12.1. The minimum Gasteiger partial charge on any atom is -0.484 e. The molecule has 8 heteroatoms. The maximum Gasteiger partial charge on any atom is 0.277 e. The van der Waals surface area contributed by atoms with Crippen molar-refractivity contribution in [3.05, 3.63) is 95.0 Å². The number of ether oxygens (including phenoxy) is 2. The van der Waals surface area contributed by atoms with Crippen LogP contribution in [0.3, 0.4) is 0 Å². The van der Waals surface area contributed by atoms with Gasteiger partial charge in [-0.2, -0.15) is 5.10 Å². The zero-order valence-corrected chi connectivity index (χ0v) is 17.9. The molecule has 7 nitrogen and oxygen atoms in total. The van der Waals surface area contributed by atoms with Gasteiger partial charge in [0, 0.05) is 11.6 Å². The average molecular weight is 452 g/mol. The lowest BCUT2D eigenvalue weighted by Crippen LogP contribution is -2.28. The summed E-state index contributed by atoms with van der Waals surface area (Å²) in [4.78, 5) is 23.7. The van der Waals surface area contributed by atoms with Crippen molar-refractivity contribution in [3.8, 4) is 11.5 Å². The van der Waals surface area contributed by atoms with Gasteiger partial charge in [0.1, 0.15) is 11.5 Å². The van der Waals surface area contributed by atoms with E-state index in [1.165, 1.54) is 6.21 Å². The first-order valence-electron chi connectivity index (χ1n) is 9.82. The van der Waals surface area contributed by atoms with Gasteiger partial charge in [-0.05, 0) is 59.7 Å². The van der Waals surface area contributed by atoms with Crippen molar-refractivity contribution in [2.45, 2.75) is 6.54 Å². The molecule has 0 aromatic heterocycles. The molecular formula is C24H22ClN3O4. The Hall–Kier alpha value is -3.84. The van der Waals surface area contributed by atoms with Crippen molar-refractivity contribution in [2.24, 2.45) is 5.10 Å². The molecule has 0 fully saturated rings. The first-order chi connectivity index (χ1) is 15.6. The molecule has 0 radical (unpaired) electrons. The number of carbonyl (C=O) groups excluding carboxylic acids is 2. The highest BCUT2D eigenvalue weighted by Gasteiger charge is 2.04. The minimum absolute atomic E-state index is 0.0794. The summed E-state index contributed by atoms with van der Waals surface area (Å²) in [5.41, 5.74) is 4.17. The van der Waals surface area contributed by atoms with Gasteiger partial charge in [0.2, 0.25) is 0 Å². The van der Waals surface area contributed by atoms with E-state index in [9.17, 15) is 9.59 Å². The molecule has 0 spiro atoms. The summed E-state index contributed by atoms with van der Waals surface area (Å²) in [5, 5.41) is 7.29. The minimum atomic E-state index is -0.391. The topological polar surface area (TPSA) is 89.0 Å². The summed E-state index contributed by atoms with van der Waals surface area (Å²) in [6.45, 7) is 0.205. The van der Waals surface area contributed by atoms with Crippen LogP contribution in [0.5, 0.6) is 11.5 Å². The molecule has 3 aromatic carbocycles. The first-order valence-corrected chi connectivity index (χ1v) is 10.2. The highest BCUT2D eigenvalue weighted by Crippen LogP contribution is 2.15. The van der Waals surface area contributed by atoms with Crippen molar-refractivity contribution in [1.29, 1.82) is 0 Å². The number of nitrogens with one attached hydrogen (secondary N) is 2. The molecule has 3 rings (SSSR count). The fraction of sp³-hybridized carbons (Fsp3) is 0.125. The van der Waals surface area contributed by atoms with Crippen LogP contribution in [0.25, 0.3) is 0 Å². The number of halogens is 1. The monoisotopic (exact) mass is 451 g/mol. The summed E-state index contributed by atoms with van der Waals surface area (Å²) in [7, 11) is 0. The first kappa shape index (κ1) is 22.8. The lowest BCUT2D eigenvalue weighted by atomic mass is 10.2. The Bertz CT molecular complexity index is 1040. The number of amides is 2. The summed E-state index contributed by atoms with van der Waals surface area (Å²) in [6.07, 6.45) is 1.50. The predicted octanol–water partition coefficient (Wildman–Crippen LogP) is 3.56. The predicted molar refractivity (Wildman–Crippen MR) is 123 cm³/mol. The van der Waals surface area contributed by atoms with Gasteiger partial charge in [0.15, 0.2) is 13.2 Å². The van der Waals surface area contributed by atoms with E-state index < -0.39 is 5.91 Å². The Morgan fingerprint density at radius 1 is 0.812 bits per heavy atom. The fourth-order valence-electron chi connectivity index (χ4n) is 2.54. The summed E-state index contributed by atoms with van der Waals surface area (Å²) >= 11 is 5.80. The molecular weight excluding hydrogens is 430 g/mol. The second-order valence-corrected chi connectivity index (χ2v) is 7.09. The number of hydrogen-bond donors (Lipinski definition) is 2. The van der Waals surface area contributed by atoms with Gasteiger partial charge < -0.3 is 14.8 Å². The summed E-state index contributed by atoms with van der Waals surface area (Å²) in [5.74, 6) is 0.496. The van der Waals surface area contributed by atoms with Crippen molar-refractivity contribution in [1.82, 2.24) is 10.7 Å². The SMILES string of the molecule is O=C(COc1ccc(/C=N\NC(=O)COc2ccc(Cl)cc2)cc1)NCc1ccccc1. The Balaban J connectivity index is 1.35. The summed E-state index contributed by atoms with van der Waals surface area (Å²) in [6, 6.07) is 23.3. The molecule has 2 N–H and O–H groups in total.